The van der Waals surface area contributed by atoms with E-state index in [2.05, 4.69) is 17.6 Å². The van der Waals surface area contributed by atoms with Gasteiger partial charge in [0.15, 0.2) is 0 Å². The highest BCUT2D eigenvalue weighted by molar-refractivity contribution is 7.99. The van der Waals surface area contributed by atoms with Gasteiger partial charge in [-0.1, -0.05) is 33.1 Å². The van der Waals surface area contributed by atoms with E-state index >= 15 is 0 Å². The molecule has 2 aliphatic heterocycles. The Kier molecular flexibility index (Phi) is 9.31. The molecule has 0 spiro atoms. The first kappa shape index (κ1) is 22.9. The van der Waals surface area contributed by atoms with Crippen molar-refractivity contribution in [2.45, 2.75) is 94.3 Å². The number of nitrogens with one attached hydrogen (secondary N) is 2. The molecule has 0 bridgehead atoms. The number of thioether (sulfide) groups is 1. The third-order valence-corrected chi connectivity index (χ3v) is 6.54. The molecule has 5 N–H and O–H groups in total. The van der Waals surface area contributed by atoms with Crippen LogP contribution in [-0.2, 0) is 9.53 Å². The van der Waals surface area contributed by atoms with Gasteiger partial charge in [0.25, 0.3) is 0 Å². The second kappa shape index (κ2) is 11.0. The molecule has 0 radical (unpaired) electrons. The van der Waals surface area contributed by atoms with Crippen LogP contribution >= 0.6 is 11.8 Å². The SMILES string of the molecule is CCCC1CCNC(C(=O)NC(CCC)[C@H]2O[C@H](SC)[C@H](O)[C@@H](O)[C@H]2O)C1. The zero-order chi connectivity index (χ0) is 20.0. The minimum atomic E-state index is -1.29. The molecular weight excluding hydrogens is 368 g/mol. The van der Waals surface area contributed by atoms with Crippen molar-refractivity contribution in [2.24, 2.45) is 5.92 Å². The molecule has 3 unspecified atom stereocenters. The Hall–Kier alpha value is -0.380. The first-order valence-electron chi connectivity index (χ1n) is 10.2. The van der Waals surface area contributed by atoms with Crippen molar-refractivity contribution < 1.29 is 24.9 Å². The summed E-state index contributed by atoms with van der Waals surface area (Å²) < 4.78 is 5.86. The Morgan fingerprint density at radius 2 is 1.96 bits per heavy atom. The van der Waals surface area contributed by atoms with Crippen molar-refractivity contribution in [3.05, 3.63) is 0 Å². The molecule has 8 atom stereocenters. The third-order valence-electron chi connectivity index (χ3n) is 5.69. The van der Waals surface area contributed by atoms with E-state index in [1.54, 1.807) is 6.26 Å². The largest absolute Gasteiger partial charge is 0.388 e. The maximum Gasteiger partial charge on any atom is 0.237 e. The van der Waals surface area contributed by atoms with Crippen molar-refractivity contribution in [1.82, 2.24) is 10.6 Å². The van der Waals surface area contributed by atoms with Crippen molar-refractivity contribution in [3.8, 4) is 0 Å². The van der Waals surface area contributed by atoms with Crippen molar-refractivity contribution >= 4 is 17.7 Å². The third kappa shape index (κ3) is 5.81. The maximum absolute atomic E-state index is 12.9. The minimum Gasteiger partial charge on any atom is -0.388 e. The molecule has 2 fully saturated rings. The molecule has 8 heteroatoms. The van der Waals surface area contributed by atoms with E-state index < -0.39 is 35.9 Å². The second-order valence-electron chi connectivity index (χ2n) is 7.77. The smallest absolute Gasteiger partial charge is 0.237 e. The van der Waals surface area contributed by atoms with Crippen LogP contribution in [0.2, 0.25) is 0 Å². The topological polar surface area (TPSA) is 111 Å². The molecule has 2 heterocycles. The normalized spacial score (nSPS) is 38.4. The van der Waals surface area contributed by atoms with Gasteiger partial charge >= 0.3 is 0 Å². The van der Waals surface area contributed by atoms with Gasteiger partial charge in [-0.15, -0.1) is 11.8 Å². The van der Waals surface area contributed by atoms with E-state index in [9.17, 15) is 20.1 Å². The van der Waals surface area contributed by atoms with Crippen LogP contribution in [0, 0.1) is 5.92 Å². The molecule has 0 aromatic rings. The molecule has 2 saturated heterocycles. The molecule has 0 aliphatic carbocycles. The van der Waals surface area contributed by atoms with Crippen LogP contribution in [-0.4, -0.2) is 76.0 Å². The molecule has 0 saturated carbocycles. The van der Waals surface area contributed by atoms with E-state index in [4.69, 9.17) is 4.74 Å². The summed E-state index contributed by atoms with van der Waals surface area (Å²) >= 11 is 1.28. The number of carbonyl (C=O) groups is 1. The lowest BCUT2D eigenvalue weighted by atomic mass is 9.88. The predicted molar refractivity (Wildman–Crippen MR) is 106 cm³/mol. The Bertz CT molecular complexity index is 465. The minimum absolute atomic E-state index is 0.0774. The van der Waals surface area contributed by atoms with E-state index in [1.165, 1.54) is 11.8 Å². The molecule has 7 nitrogen and oxygen atoms in total. The highest BCUT2D eigenvalue weighted by Gasteiger charge is 2.46. The molecular formula is C19H36N2O5S. The van der Waals surface area contributed by atoms with E-state index in [-0.39, 0.29) is 11.9 Å². The van der Waals surface area contributed by atoms with E-state index in [1.807, 2.05) is 6.92 Å². The summed E-state index contributed by atoms with van der Waals surface area (Å²) in [7, 11) is 0. The molecule has 27 heavy (non-hydrogen) atoms. The lowest BCUT2D eigenvalue weighted by molar-refractivity contribution is -0.205. The summed E-state index contributed by atoms with van der Waals surface area (Å²) in [6, 6.07) is -0.648. The average molecular weight is 405 g/mol. The van der Waals surface area contributed by atoms with Gasteiger partial charge in [0.05, 0.1) is 12.1 Å². The fourth-order valence-corrected chi connectivity index (χ4v) is 4.86. The standard InChI is InChI=1S/C19H36N2O5S/c1-4-6-11-8-9-20-13(10-11)18(25)21-12(7-5-2)17-15(23)14(22)16(24)19(26-17)27-3/h11-17,19-20,22-24H,4-10H2,1-3H3,(H,21,25)/t11?,12?,13?,14-,15+,16+,17+,19+/m0/s1. The molecule has 158 valence electrons. The summed E-state index contributed by atoms with van der Waals surface area (Å²) in [6.07, 6.45) is 2.94. The summed E-state index contributed by atoms with van der Waals surface area (Å²) in [5.41, 5.74) is -0.633. The predicted octanol–water partition coefficient (Wildman–Crippen LogP) is 0.610. The van der Waals surface area contributed by atoms with Crippen LogP contribution in [0.4, 0.5) is 0 Å². The molecule has 2 aliphatic rings. The second-order valence-corrected chi connectivity index (χ2v) is 8.70. The zero-order valence-corrected chi connectivity index (χ0v) is 17.5. The van der Waals surface area contributed by atoms with Crippen LogP contribution in [0.3, 0.4) is 0 Å². The van der Waals surface area contributed by atoms with E-state index in [0.29, 0.717) is 12.3 Å². The van der Waals surface area contributed by atoms with E-state index in [0.717, 1.165) is 38.6 Å². The first-order chi connectivity index (χ1) is 12.9. The fraction of sp³-hybridized carbons (Fsp3) is 0.947. The van der Waals surface area contributed by atoms with Gasteiger partial charge in [-0.2, -0.15) is 0 Å². The lowest BCUT2D eigenvalue weighted by Gasteiger charge is -2.43. The van der Waals surface area contributed by atoms with Crippen LogP contribution in [0.5, 0.6) is 0 Å². The molecule has 2 rings (SSSR count). The molecule has 0 aromatic heterocycles. The maximum atomic E-state index is 12.9. The summed E-state index contributed by atoms with van der Waals surface area (Å²) in [4.78, 5) is 12.9. The number of rotatable bonds is 8. The number of hydrogen-bond donors (Lipinski definition) is 5. The first-order valence-corrected chi connectivity index (χ1v) is 11.5. The van der Waals surface area contributed by atoms with Gasteiger partial charge in [-0.25, -0.2) is 0 Å². The van der Waals surface area contributed by atoms with Gasteiger partial charge in [-0.05, 0) is 38.0 Å². The number of aliphatic hydroxyl groups excluding tert-OH is 3. The van der Waals surface area contributed by atoms with Gasteiger partial charge < -0.3 is 30.7 Å². The van der Waals surface area contributed by atoms with Gasteiger partial charge in [0.1, 0.15) is 29.9 Å². The Balaban J connectivity index is 2.04. The Morgan fingerprint density at radius 3 is 2.59 bits per heavy atom. The van der Waals surface area contributed by atoms with Crippen LogP contribution in [0.25, 0.3) is 0 Å². The summed E-state index contributed by atoms with van der Waals surface area (Å²) in [5.74, 6) is 0.484. The number of ether oxygens (including phenoxy) is 1. The number of carbonyl (C=O) groups excluding carboxylic acids is 1. The summed E-state index contributed by atoms with van der Waals surface area (Å²) in [6.45, 7) is 5.00. The Labute approximate surface area is 166 Å². The van der Waals surface area contributed by atoms with Crippen molar-refractivity contribution in [2.75, 3.05) is 12.8 Å². The number of piperidine rings is 1. The van der Waals surface area contributed by atoms with Gasteiger partial charge in [0.2, 0.25) is 5.91 Å². The molecule has 0 aromatic carbocycles. The lowest BCUT2D eigenvalue weighted by Crippen LogP contribution is -2.63. The monoisotopic (exact) mass is 404 g/mol. The van der Waals surface area contributed by atoms with Crippen molar-refractivity contribution in [1.29, 1.82) is 0 Å². The van der Waals surface area contributed by atoms with Gasteiger partial charge in [-0.3, -0.25) is 4.79 Å². The Morgan fingerprint density at radius 1 is 1.22 bits per heavy atom. The highest BCUT2D eigenvalue weighted by Crippen LogP contribution is 2.30. The van der Waals surface area contributed by atoms with Gasteiger partial charge in [0, 0.05) is 0 Å². The highest BCUT2D eigenvalue weighted by atomic mass is 32.2. The quantitative estimate of drug-likeness (QED) is 0.403. The zero-order valence-electron chi connectivity index (χ0n) is 16.6. The number of hydrogen-bond acceptors (Lipinski definition) is 7. The van der Waals surface area contributed by atoms with Crippen LogP contribution in [0.15, 0.2) is 0 Å². The number of amides is 1. The average Bonchev–Trinajstić information content (AvgIpc) is 2.66. The molecule has 1 amide bonds. The van der Waals surface area contributed by atoms with Crippen molar-refractivity contribution in [3.63, 3.8) is 0 Å². The van der Waals surface area contributed by atoms with Crippen LogP contribution < -0.4 is 10.6 Å². The number of aliphatic hydroxyl groups is 3. The fourth-order valence-electron chi connectivity index (χ4n) is 4.18. The summed E-state index contributed by atoms with van der Waals surface area (Å²) in [5, 5.41) is 37.0. The van der Waals surface area contributed by atoms with Crippen LogP contribution in [0.1, 0.15) is 52.4 Å².